The summed E-state index contributed by atoms with van der Waals surface area (Å²) in [5, 5.41) is 6.69. The lowest BCUT2D eigenvalue weighted by Gasteiger charge is -2.04. The van der Waals surface area contributed by atoms with E-state index in [4.69, 9.17) is 0 Å². The van der Waals surface area contributed by atoms with Crippen LogP contribution < -0.4 is 10.6 Å². The largest absolute Gasteiger partial charge is 0.317 e. The quantitative estimate of drug-likeness (QED) is 0.741. The van der Waals surface area contributed by atoms with Crippen molar-refractivity contribution in [1.82, 2.24) is 15.6 Å². The molecule has 1 rings (SSSR count). The topological polar surface area (TPSA) is 37.0 Å². The first-order chi connectivity index (χ1) is 6.93. The molecule has 0 aliphatic carbocycles. The molecule has 16 heavy (non-hydrogen) atoms. The summed E-state index contributed by atoms with van der Waals surface area (Å²) in [6.07, 6.45) is 4.84. The van der Waals surface area contributed by atoms with E-state index >= 15 is 0 Å². The minimum absolute atomic E-state index is 0. The number of hydrogen-bond donors (Lipinski definition) is 2. The summed E-state index contributed by atoms with van der Waals surface area (Å²) in [5.41, 5.74) is 1.29. The highest BCUT2D eigenvalue weighted by Gasteiger charge is 1.90. The number of aromatic nitrogens is 1. The van der Waals surface area contributed by atoms with Crippen LogP contribution in [0.3, 0.4) is 0 Å². The highest BCUT2D eigenvalue weighted by Crippen LogP contribution is 1.94. The van der Waals surface area contributed by atoms with Crippen molar-refractivity contribution in [2.45, 2.75) is 19.9 Å². The molecule has 94 valence electrons. The van der Waals surface area contributed by atoms with Crippen molar-refractivity contribution in [2.24, 2.45) is 0 Å². The van der Waals surface area contributed by atoms with Crippen LogP contribution in [0.25, 0.3) is 0 Å². The average molecular weight is 266 g/mol. The van der Waals surface area contributed by atoms with Gasteiger partial charge in [-0.15, -0.1) is 24.8 Å². The van der Waals surface area contributed by atoms with Crippen molar-refractivity contribution in [3.8, 4) is 0 Å². The summed E-state index contributed by atoms with van der Waals surface area (Å²) < 4.78 is 0. The molecule has 3 nitrogen and oxygen atoms in total. The molecule has 0 aromatic carbocycles. The van der Waals surface area contributed by atoms with Gasteiger partial charge < -0.3 is 10.6 Å². The van der Waals surface area contributed by atoms with Crippen LogP contribution in [0, 0.1) is 0 Å². The lowest BCUT2D eigenvalue weighted by molar-refractivity contribution is 0.606. The predicted octanol–water partition coefficient (Wildman–Crippen LogP) is 2.01. The van der Waals surface area contributed by atoms with Crippen LogP contribution in [0.15, 0.2) is 24.5 Å². The Bertz CT molecular complexity index is 232. The third kappa shape index (κ3) is 8.92. The van der Waals surface area contributed by atoms with Crippen LogP contribution in [-0.4, -0.2) is 24.6 Å². The van der Waals surface area contributed by atoms with Crippen molar-refractivity contribution in [1.29, 1.82) is 0 Å². The van der Waals surface area contributed by atoms with Crippen LogP contribution in [0.4, 0.5) is 0 Å². The van der Waals surface area contributed by atoms with E-state index in [0.717, 1.165) is 26.2 Å². The first-order valence-electron chi connectivity index (χ1n) is 5.24. The lowest BCUT2D eigenvalue weighted by atomic mass is 10.2. The maximum absolute atomic E-state index is 3.98. The SMILES string of the molecule is CCNCCCNCc1ccncc1.Cl.Cl. The summed E-state index contributed by atoms with van der Waals surface area (Å²) in [6, 6.07) is 4.08. The van der Waals surface area contributed by atoms with Crippen molar-refractivity contribution in [3.63, 3.8) is 0 Å². The van der Waals surface area contributed by atoms with E-state index in [-0.39, 0.29) is 24.8 Å². The molecule has 1 heterocycles. The summed E-state index contributed by atoms with van der Waals surface area (Å²) in [6.45, 7) is 6.29. The maximum atomic E-state index is 3.98. The molecule has 0 aliphatic heterocycles. The van der Waals surface area contributed by atoms with Crippen molar-refractivity contribution >= 4 is 24.8 Å². The van der Waals surface area contributed by atoms with Crippen LogP contribution in [0.5, 0.6) is 0 Å². The Hall–Kier alpha value is -0.350. The van der Waals surface area contributed by atoms with E-state index in [1.165, 1.54) is 12.0 Å². The van der Waals surface area contributed by atoms with E-state index in [0.29, 0.717) is 0 Å². The van der Waals surface area contributed by atoms with E-state index < -0.39 is 0 Å². The third-order valence-electron chi connectivity index (χ3n) is 2.04. The molecule has 0 unspecified atom stereocenters. The molecule has 0 aliphatic rings. The van der Waals surface area contributed by atoms with Crippen LogP contribution in [-0.2, 0) is 6.54 Å². The molecule has 0 saturated heterocycles. The fraction of sp³-hybridized carbons (Fsp3) is 0.545. The second-order valence-electron chi connectivity index (χ2n) is 3.24. The van der Waals surface area contributed by atoms with Crippen LogP contribution >= 0.6 is 24.8 Å². The highest BCUT2D eigenvalue weighted by molar-refractivity contribution is 5.85. The Morgan fingerprint density at radius 1 is 1.06 bits per heavy atom. The minimum Gasteiger partial charge on any atom is -0.317 e. The summed E-state index contributed by atoms with van der Waals surface area (Å²) in [4.78, 5) is 3.98. The Kier molecular flexibility index (Phi) is 14.3. The van der Waals surface area contributed by atoms with Crippen LogP contribution in [0.1, 0.15) is 18.9 Å². The molecule has 0 fully saturated rings. The van der Waals surface area contributed by atoms with Gasteiger partial charge in [0.1, 0.15) is 0 Å². The highest BCUT2D eigenvalue weighted by atomic mass is 35.5. The summed E-state index contributed by atoms with van der Waals surface area (Å²) in [5.74, 6) is 0. The number of halogens is 2. The van der Waals surface area contributed by atoms with Gasteiger partial charge >= 0.3 is 0 Å². The summed E-state index contributed by atoms with van der Waals surface area (Å²) in [7, 11) is 0. The monoisotopic (exact) mass is 265 g/mol. The van der Waals surface area contributed by atoms with E-state index in [1.54, 1.807) is 0 Å². The molecule has 1 aromatic heterocycles. The molecular weight excluding hydrogens is 245 g/mol. The lowest BCUT2D eigenvalue weighted by Crippen LogP contribution is -2.21. The smallest absolute Gasteiger partial charge is 0.0271 e. The Labute approximate surface area is 110 Å². The molecule has 0 amide bonds. The second-order valence-corrected chi connectivity index (χ2v) is 3.24. The molecular formula is C11H21Cl2N3. The molecule has 5 heteroatoms. The molecule has 0 saturated carbocycles. The van der Waals surface area contributed by atoms with E-state index in [2.05, 4.69) is 22.5 Å². The fourth-order valence-corrected chi connectivity index (χ4v) is 1.25. The Balaban J connectivity index is 0. The molecule has 0 atom stereocenters. The molecule has 0 spiro atoms. The minimum atomic E-state index is 0. The van der Waals surface area contributed by atoms with E-state index in [1.807, 2.05) is 24.5 Å². The van der Waals surface area contributed by atoms with Gasteiger partial charge in [0.05, 0.1) is 0 Å². The van der Waals surface area contributed by atoms with Crippen molar-refractivity contribution < 1.29 is 0 Å². The van der Waals surface area contributed by atoms with E-state index in [9.17, 15) is 0 Å². The van der Waals surface area contributed by atoms with Gasteiger partial charge in [0.25, 0.3) is 0 Å². The molecule has 2 N–H and O–H groups in total. The first kappa shape index (κ1) is 18.0. The third-order valence-corrected chi connectivity index (χ3v) is 2.04. The first-order valence-corrected chi connectivity index (χ1v) is 5.24. The number of rotatable bonds is 7. The molecule has 0 radical (unpaired) electrons. The summed E-state index contributed by atoms with van der Waals surface area (Å²) >= 11 is 0. The van der Waals surface area contributed by atoms with Gasteiger partial charge in [-0.25, -0.2) is 0 Å². The van der Waals surface area contributed by atoms with Crippen molar-refractivity contribution in [2.75, 3.05) is 19.6 Å². The average Bonchev–Trinajstić information content (AvgIpc) is 2.25. The molecule has 0 bridgehead atoms. The van der Waals surface area contributed by atoms with Gasteiger partial charge in [-0.05, 0) is 43.8 Å². The van der Waals surface area contributed by atoms with Gasteiger partial charge in [0.15, 0.2) is 0 Å². The predicted molar refractivity (Wildman–Crippen MR) is 73.6 cm³/mol. The second kappa shape index (κ2) is 12.7. The van der Waals surface area contributed by atoms with Gasteiger partial charge in [0.2, 0.25) is 0 Å². The van der Waals surface area contributed by atoms with Gasteiger partial charge in [-0.2, -0.15) is 0 Å². The fourth-order valence-electron chi connectivity index (χ4n) is 1.25. The Morgan fingerprint density at radius 3 is 2.31 bits per heavy atom. The standard InChI is InChI=1S/C11H19N3.2ClH/c1-2-12-6-3-7-14-10-11-4-8-13-9-5-11;;/h4-5,8-9,12,14H,2-3,6-7,10H2,1H3;2*1H. The number of pyridine rings is 1. The maximum Gasteiger partial charge on any atom is 0.0271 e. The molecule has 1 aromatic rings. The normalized spacial score (nSPS) is 9.06. The number of hydrogen-bond acceptors (Lipinski definition) is 3. The van der Waals surface area contributed by atoms with Crippen molar-refractivity contribution in [3.05, 3.63) is 30.1 Å². The Morgan fingerprint density at radius 2 is 1.69 bits per heavy atom. The van der Waals surface area contributed by atoms with Gasteiger partial charge in [-0.1, -0.05) is 6.92 Å². The number of nitrogens with one attached hydrogen (secondary N) is 2. The van der Waals surface area contributed by atoms with Gasteiger partial charge in [0, 0.05) is 18.9 Å². The zero-order chi connectivity index (χ0) is 10.1. The zero-order valence-corrected chi connectivity index (χ0v) is 11.2. The zero-order valence-electron chi connectivity index (χ0n) is 9.61. The number of nitrogens with zero attached hydrogens (tertiary/aromatic N) is 1. The van der Waals surface area contributed by atoms with Gasteiger partial charge in [-0.3, -0.25) is 4.98 Å². The van der Waals surface area contributed by atoms with Crippen LogP contribution in [0.2, 0.25) is 0 Å².